The van der Waals surface area contributed by atoms with Crippen LogP contribution in [0, 0.1) is 0 Å². The molecule has 0 aliphatic rings. The molecule has 0 amide bonds. The summed E-state index contributed by atoms with van der Waals surface area (Å²) >= 11 is 0. The smallest absolute Gasteiger partial charge is 0.326 e. The van der Waals surface area contributed by atoms with Crippen molar-refractivity contribution in [2.75, 3.05) is 5.73 Å². The average molecular weight is 246 g/mol. The molecule has 0 spiro atoms. The van der Waals surface area contributed by atoms with Gasteiger partial charge in [0.15, 0.2) is 0 Å². The van der Waals surface area contributed by atoms with Crippen molar-refractivity contribution in [1.29, 1.82) is 0 Å². The Morgan fingerprint density at radius 1 is 1.33 bits per heavy atom. The summed E-state index contributed by atoms with van der Waals surface area (Å²) in [6.45, 7) is 5.77. The fraction of sp³-hybridized carbons (Fsp3) is 0.357. The lowest BCUT2D eigenvalue weighted by molar-refractivity contribution is -0.155. The first-order valence-corrected chi connectivity index (χ1v) is 5.92. The third-order valence-electron chi connectivity index (χ3n) is 2.57. The molecule has 2 N–H and O–H groups in total. The maximum absolute atomic E-state index is 11.8. The summed E-state index contributed by atoms with van der Waals surface area (Å²) in [5, 5.41) is 0.959. The monoisotopic (exact) mass is 246 g/mol. The van der Waals surface area contributed by atoms with Gasteiger partial charge in [-0.15, -0.1) is 0 Å². The van der Waals surface area contributed by atoms with Gasteiger partial charge < -0.3 is 15.0 Å². The number of benzene rings is 1. The van der Waals surface area contributed by atoms with E-state index in [0.717, 1.165) is 16.6 Å². The molecule has 0 radical (unpaired) electrons. The Morgan fingerprint density at radius 2 is 2.06 bits per heavy atom. The van der Waals surface area contributed by atoms with Crippen LogP contribution in [0.1, 0.15) is 20.8 Å². The largest absolute Gasteiger partial charge is 0.459 e. The van der Waals surface area contributed by atoms with E-state index in [9.17, 15) is 4.79 Å². The van der Waals surface area contributed by atoms with Gasteiger partial charge in [0.1, 0.15) is 12.1 Å². The second-order valence-corrected chi connectivity index (χ2v) is 5.31. The van der Waals surface area contributed by atoms with Crippen LogP contribution in [0.2, 0.25) is 0 Å². The Kier molecular flexibility index (Phi) is 3.03. The number of hydrogen-bond donors (Lipinski definition) is 1. The van der Waals surface area contributed by atoms with E-state index in [1.807, 2.05) is 55.8 Å². The minimum atomic E-state index is -0.459. The number of nitrogens with zero attached hydrogens (tertiary/aromatic N) is 1. The lowest BCUT2D eigenvalue weighted by atomic mass is 10.2. The van der Waals surface area contributed by atoms with Gasteiger partial charge in [-0.3, -0.25) is 4.79 Å². The summed E-state index contributed by atoms with van der Waals surface area (Å²) in [7, 11) is 0. The highest BCUT2D eigenvalue weighted by molar-refractivity contribution is 5.91. The molecule has 1 aromatic heterocycles. The van der Waals surface area contributed by atoms with Crippen molar-refractivity contribution >= 4 is 22.6 Å². The van der Waals surface area contributed by atoms with Gasteiger partial charge in [0.25, 0.3) is 0 Å². The van der Waals surface area contributed by atoms with Crippen LogP contribution in [0.3, 0.4) is 0 Å². The van der Waals surface area contributed by atoms with Crippen LogP contribution >= 0.6 is 0 Å². The lowest BCUT2D eigenvalue weighted by Crippen LogP contribution is -2.26. The molecule has 1 aromatic carbocycles. The third-order valence-corrected chi connectivity index (χ3v) is 2.57. The zero-order valence-electron chi connectivity index (χ0n) is 10.9. The summed E-state index contributed by atoms with van der Waals surface area (Å²) in [5.41, 5.74) is 7.08. The Labute approximate surface area is 106 Å². The number of hydrogen-bond acceptors (Lipinski definition) is 3. The van der Waals surface area contributed by atoms with Crippen molar-refractivity contribution in [3.63, 3.8) is 0 Å². The molecule has 2 rings (SSSR count). The number of nitrogens with two attached hydrogens (primary N) is 1. The number of anilines is 1. The summed E-state index contributed by atoms with van der Waals surface area (Å²) in [4.78, 5) is 11.8. The van der Waals surface area contributed by atoms with Crippen molar-refractivity contribution in [2.45, 2.75) is 32.9 Å². The van der Waals surface area contributed by atoms with Crippen LogP contribution < -0.4 is 5.73 Å². The van der Waals surface area contributed by atoms with Gasteiger partial charge in [0, 0.05) is 17.3 Å². The molecule has 4 heteroatoms. The maximum Gasteiger partial charge on any atom is 0.326 e. The molecule has 2 aromatic rings. The first-order chi connectivity index (χ1) is 8.37. The molecular weight excluding hydrogens is 228 g/mol. The van der Waals surface area contributed by atoms with E-state index in [2.05, 4.69) is 0 Å². The molecule has 96 valence electrons. The van der Waals surface area contributed by atoms with Gasteiger partial charge in [-0.05, 0) is 39.0 Å². The van der Waals surface area contributed by atoms with Crippen LogP contribution in [0.4, 0.5) is 5.69 Å². The van der Waals surface area contributed by atoms with Crippen molar-refractivity contribution in [2.24, 2.45) is 0 Å². The molecule has 0 saturated carbocycles. The van der Waals surface area contributed by atoms with Crippen LogP contribution in [0.25, 0.3) is 10.9 Å². The summed E-state index contributed by atoms with van der Waals surface area (Å²) in [6, 6.07) is 7.58. The second kappa shape index (κ2) is 4.37. The van der Waals surface area contributed by atoms with Crippen LogP contribution in [-0.2, 0) is 16.1 Å². The Balaban J connectivity index is 2.23. The number of aromatic nitrogens is 1. The Hall–Kier alpha value is -1.97. The van der Waals surface area contributed by atoms with Gasteiger partial charge in [-0.25, -0.2) is 0 Å². The van der Waals surface area contributed by atoms with Crippen LogP contribution in [0.15, 0.2) is 30.5 Å². The van der Waals surface area contributed by atoms with E-state index >= 15 is 0 Å². The lowest BCUT2D eigenvalue weighted by Gasteiger charge is -2.19. The maximum atomic E-state index is 11.8. The first kappa shape index (κ1) is 12.5. The molecule has 1 heterocycles. The SMILES string of the molecule is CC(C)(C)OC(=O)Cn1ccc2c(N)cccc21. The van der Waals surface area contributed by atoms with Gasteiger partial charge in [-0.1, -0.05) is 6.07 Å². The van der Waals surface area contributed by atoms with Crippen molar-refractivity contribution in [3.8, 4) is 0 Å². The van der Waals surface area contributed by atoms with Gasteiger partial charge in [0.2, 0.25) is 0 Å². The normalized spacial score (nSPS) is 11.7. The quantitative estimate of drug-likeness (QED) is 0.654. The molecule has 0 fully saturated rings. The summed E-state index contributed by atoms with van der Waals surface area (Å²) in [5.74, 6) is -0.248. The Bertz CT molecular complexity index is 579. The predicted molar refractivity (Wildman–Crippen MR) is 72.2 cm³/mol. The summed E-state index contributed by atoms with van der Waals surface area (Å²) < 4.78 is 7.15. The minimum absolute atomic E-state index is 0.199. The first-order valence-electron chi connectivity index (χ1n) is 5.92. The van der Waals surface area contributed by atoms with Crippen LogP contribution in [-0.4, -0.2) is 16.1 Å². The van der Waals surface area contributed by atoms with E-state index in [4.69, 9.17) is 10.5 Å². The zero-order chi connectivity index (χ0) is 13.3. The van der Waals surface area contributed by atoms with E-state index in [-0.39, 0.29) is 12.5 Å². The molecule has 0 aliphatic carbocycles. The number of carbonyl (C=O) groups excluding carboxylic acids is 1. The standard InChI is InChI=1S/C14H18N2O2/c1-14(2,3)18-13(17)9-16-8-7-10-11(15)5-4-6-12(10)16/h4-8H,9,15H2,1-3H3. The predicted octanol–water partition coefficient (Wildman–Crippen LogP) is 2.57. The molecule has 0 saturated heterocycles. The van der Waals surface area contributed by atoms with E-state index < -0.39 is 5.60 Å². The number of rotatable bonds is 2. The zero-order valence-corrected chi connectivity index (χ0v) is 10.9. The van der Waals surface area contributed by atoms with Gasteiger partial charge >= 0.3 is 5.97 Å². The fourth-order valence-corrected chi connectivity index (χ4v) is 1.90. The van der Waals surface area contributed by atoms with E-state index in [0.29, 0.717) is 0 Å². The number of fused-ring (bicyclic) bond motifs is 1. The second-order valence-electron chi connectivity index (χ2n) is 5.31. The van der Waals surface area contributed by atoms with Crippen LogP contribution in [0.5, 0.6) is 0 Å². The number of esters is 1. The number of carbonyl (C=O) groups is 1. The highest BCUT2D eigenvalue weighted by Gasteiger charge is 2.17. The van der Waals surface area contributed by atoms with Crippen molar-refractivity contribution in [3.05, 3.63) is 30.5 Å². The summed E-state index contributed by atoms with van der Waals surface area (Å²) in [6.07, 6.45) is 1.85. The van der Waals surface area contributed by atoms with E-state index in [1.165, 1.54) is 0 Å². The number of nitrogen functional groups attached to an aromatic ring is 1. The molecule has 18 heavy (non-hydrogen) atoms. The van der Waals surface area contributed by atoms with Crippen molar-refractivity contribution in [1.82, 2.24) is 4.57 Å². The molecule has 4 nitrogen and oxygen atoms in total. The topological polar surface area (TPSA) is 57.2 Å². The highest BCUT2D eigenvalue weighted by atomic mass is 16.6. The molecule has 0 unspecified atom stereocenters. The highest BCUT2D eigenvalue weighted by Crippen LogP contribution is 2.22. The molecule has 0 atom stereocenters. The minimum Gasteiger partial charge on any atom is -0.459 e. The third kappa shape index (κ3) is 2.64. The average Bonchev–Trinajstić information content (AvgIpc) is 2.60. The molecule has 0 aliphatic heterocycles. The van der Waals surface area contributed by atoms with E-state index in [1.54, 1.807) is 0 Å². The fourth-order valence-electron chi connectivity index (χ4n) is 1.90. The Morgan fingerprint density at radius 3 is 2.72 bits per heavy atom. The number of ether oxygens (including phenoxy) is 1. The molecule has 0 bridgehead atoms. The van der Waals surface area contributed by atoms with Gasteiger partial charge in [0.05, 0.1) is 5.52 Å². The van der Waals surface area contributed by atoms with Gasteiger partial charge in [-0.2, -0.15) is 0 Å². The van der Waals surface area contributed by atoms with Crippen molar-refractivity contribution < 1.29 is 9.53 Å². The molecular formula is C14H18N2O2.